The van der Waals surface area contributed by atoms with Crippen LogP contribution >= 0.6 is 11.6 Å². The molecule has 0 aliphatic rings. The number of hydrogen-bond donors (Lipinski definition) is 1. The summed E-state index contributed by atoms with van der Waals surface area (Å²) in [7, 11) is 0. The average Bonchev–Trinajstić information content (AvgIpc) is 2.43. The van der Waals surface area contributed by atoms with Crippen molar-refractivity contribution in [3.8, 4) is 0 Å². The molecular weight excluding hydrogens is 275 g/mol. The summed E-state index contributed by atoms with van der Waals surface area (Å²) in [4.78, 5) is 0. The van der Waals surface area contributed by atoms with E-state index in [9.17, 15) is 9.50 Å². The number of aliphatic hydroxyl groups is 1. The fourth-order valence-corrected chi connectivity index (χ4v) is 2.39. The third kappa shape index (κ3) is 4.62. The summed E-state index contributed by atoms with van der Waals surface area (Å²) < 4.78 is 13.6. The highest BCUT2D eigenvalue weighted by molar-refractivity contribution is 6.30. The molecule has 0 heterocycles. The Morgan fingerprint density at radius 2 is 1.85 bits per heavy atom. The van der Waals surface area contributed by atoms with E-state index in [1.165, 1.54) is 11.6 Å². The van der Waals surface area contributed by atoms with E-state index in [2.05, 4.69) is 12.1 Å². The molecule has 2 aromatic carbocycles. The van der Waals surface area contributed by atoms with Gasteiger partial charge in [-0.1, -0.05) is 48.0 Å². The second-order valence-electron chi connectivity index (χ2n) is 4.97. The van der Waals surface area contributed by atoms with Crippen molar-refractivity contribution in [3.63, 3.8) is 0 Å². The van der Waals surface area contributed by atoms with Gasteiger partial charge in [-0.3, -0.25) is 0 Å². The van der Waals surface area contributed by atoms with Crippen LogP contribution in [-0.2, 0) is 12.8 Å². The van der Waals surface area contributed by atoms with Gasteiger partial charge in [-0.25, -0.2) is 4.39 Å². The van der Waals surface area contributed by atoms with E-state index in [0.717, 1.165) is 12.8 Å². The van der Waals surface area contributed by atoms with E-state index in [1.807, 2.05) is 18.2 Å². The zero-order valence-electron chi connectivity index (χ0n) is 11.2. The second-order valence-corrected chi connectivity index (χ2v) is 5.41. The molecular formula is C17H18ClFO. The minimum atomic E-state index is -0.519. The molecule has 0 aliphatic carbocycles. The maximum absolute atomic E-state index is 13.6. The van der Waals surface area contributed by atoms with E-state index in [0.29, 0.717) is 23.4 Å². The minimum absolute atomic E-state index is 0.331. The van der Waals surface area contributed by atoms with E-state index < -0.39 is 6.10 Å². The minimum Gasteiger partial charge on any atom is -0.393 e. The molecule has 0 bridgehead atoms. The van der Waals surface area contributed by atoms with E-state index >= 15 is 0 Å². The normalized spacial score (nSPS) is 12.3. The first-order valence-corrected chi connectivity index (χ1v) is 7.19. The molecule has 1 unspecified atom stereocenters. The molecule has 106 valence electrons. The van der Waals surface area contributed by atoms with Crippen molar-refractivity contribution >= 4 is 11.6 Å². The van der Waals surface area contributed by atoms with Crippen molar-refractivity contribution in [3.05, 3.63) is 70.5 Å². The molecule has 1 atom stereocenters. The van der Waals surface area contributed by atoms with Gasteiger partial charge in [0.2, 0.25) is 0 Å². The largest absolute Gasteiger partial charge is 0.393 e. The highest BCUT2D eigenvalue weighted by Gasteiger charge is 2.10. The van der Waals surface area contributed by atoms with Crippen LogP contribution in [0.1, 0.15) is 24.0 Å². The first-order chi connectivity index (χ1) is 9.65. The number of halogens is 2. The lowest BCUT2D eigenvalue weighted by atomic mass is 10.0. The Morgan fingerprint density at radius 3 is 2.55 bits per heavy atom. The summed E-state index contributed by atoms with van der Waals surface area (Å²) in [5.41, 5.74) is 1.78. The number of aryl methyl sites for hydroxylation is 1. The van der Waals surface area contributed by atoms with Gasteiger partial charge in [-0.2, -0.15) is 0 Å². The monoisotopic (exact) mass is 292 g/mol. The maximum atomic E-state index is 13.6. The van der Waals surface area contributed by atoms with Gasteiger partial charge >= 0.3 is 0 Å². The summed E-state index contributed by atoms with van der Waals surface area (Å²) in [6.07, 6.45) is 2.30. The van der Waals surface area contributed by atoms with Crippen molar-refractivity contribution in [1.82, 2.24) is 0 Å². The van der Waals surface area contributed by atoms with E-state index in [-0.39, 0.29) is 5.82 Å². The van der Waals surface area contributed by atoms with E-state index in [4.69, 9.17) is 11.6 Å². The maximum Gasteiger partial charge on any atom is 0.127 e. The van der Waals surface area contributed by atoms with Crippen LogP contribution in [0.2, 0.25) is 5.02 Å². The molecule has 20 heavy (non-hydrogen) atoms. The summed E-state index contributed by atoms with van der Waals surface area (Å²) in [5, 5.41) is 10.4. The van der Waals surface area contributed by atoms with Gasteiger partial charge in [0.1, 0.15) is 5.82 Å². The molecule has 3 heteroatoms. The molecule has 0 fully saturated rings. The molecule has 0 aliphatic heterocycles. The third-order valence-electron chi connectivity index (χ3n) is 3.32. The highest BCUT2D eigenvalue weighted by Crippen LogP contribution is 2.17. The van der Waals surface area contributed by atoms with Crippen LogP contribution in [0.5, 0.6) is 0 Å². The van der Waals surface area contributed by atoms with Gasteiger partial charge < -0.3 is 5.11 Å². The fraction of sp³-hybridized carbons (Fsp3) is 0.294. The lowest BCUT2D eigenvalue weighted by Crippen LogP contribution is -2.11. The first kappa shape index (κ1) is 15.0. The predicted molar refractivity (Wildman–Crippen MR) is 80.5 cm³/mol. The predicted octanol–water partition coefficient (Wildman–Crippen LogP) is 4.41. The highest BCUT2D eigenvalue weighted by atomic mass is 35.5. The van der Waals surface area contributed by atoms with Crippen LogP contribution in [-0.4, -0.2) is 11.2 Å². The average molecular weight is 293 g/mol. The summed E-state index contributed by atoms with van der Waals surface area (Å²) >= 11 is 5.70. The molecule has 0 amide bonds. The van der Waals surface area contributed by atoms with E-state index in [1.54, 1.807) is 12.1 Å². The summed E-state index contributed by atoms with van der Waals surface area (Å²) in [6, 6.07) is 14.7. The lowest BCUT2D eigenvalue weighted by Gasteiger charge is -2.11. The third-order valence-corrected chi connectivity index (χ3v) is 3.55. The molecule has 2 rings (SSSR count). The molecule has 0 aromatic heterocycles. The fourth-order valence-electron chi connectivity index (χ4n) is 2.23. The smallest absolute Gasteiger partial charge is 0.127 e. The van der Waals surface area contributed by atoms with Crippen molar-refractivity contribution in [2.24, 2.45) is 0 Å². The molecule has 0 saturated heterocycles. The zero-order chi connectivity index (χ0) is 14.4. The number of benzene rings is 2. The molecule has 0 radical (unpaired) electrons. The first-order valence-electron chi connectivity index (χ1n) is 6.81. The SMILES string of the molecule is OC(CCCc1ccccc1)Cc1ccc(Cl)cc1F. The van der Waals surface area contributed by atoms with Crippen LogP contribution < -0.4 is 0 Å². The molecule has 1 N–H and O–H groups in total. The van der Waals surface area contributed by atoms with Gasteiger partial charge in [0.15, 0.2) is 0 Å². The van der Waals surface area contributed by atoms with Crippen molar-refractivity contribution < 1.29 is 9.50 Å². The van der Waals surface area contributed by atoms with Crippen molar-refractivity contribution in [2.45, 2.75) is 31.8 Å². The summed E-state index contributed by atoms with van der Waals surface area (Å²) in [5.74, 6) is -0.348. The Hall–Kier alpha value is -1.38. The quantitative estimate of drug-likeness (QED) is 0.836. The van der Waals surface area contributed by atoms with Crippen molar-refractivity contribution in [2.75, 3.05) is 0 Å². The van der Waals surface area contributed by atoms with Crippen LogP contribution in [0.3, 0.4) is 0 Å². The number of rotatable bonds is 6. The van der Waals surface area contributed by atoms with Crippen LogP contribution in [0.25, 0.3) is 0 Å². The number of hydrogen-bond acceptors (Lipinski definition) is 1. The Morgan fingerprint density at radius 1 is 1.10 bits per heavy atom. The summed E-state index contributed by atoms with van der Waals surface area (Å²) in [6.45, 7) is 0. The molecule has 0 saturated carbocycles. The van der Waals surface area contributed by atoms with Crippen LogP contribution in [0.15, 0.2) is 48.5 Å². The van der Waals surface area contributed by atoms with Gasteiger partial charge in [-0.05, 0) is 42.5 Å². The van der Waals surface area contributed by atoms with Gasteiger partial charge in [0.25, 0.3) is 0 Å². The van der Waals surface area contributed by atoms with Gasteiger partial charge in [0, 0.05) is 11.4 Å². The van der Waals surface area contributed by atoms with Gasteiger partial charge in [0.05, 0.1) is 6.10 Å². The molecule has 1 nitrogen and oxygen atoms in total. The Balaban J connectivity index is 1.79. The number of aliphatic hydroxyl groups excluding tert-OH is 1. The standard InChI is InChI=1S/C17H18ClFO/c18-15-10-9-14(17(19)12-15)11-16(20)8-4-7-13-5-2-1-3-6-13/h1-3,5-6,9-10,12,16,20H,4,7-8,11H2. The van der Waals surface area contributed by atoms with Crippen LogP contribution in [0.4, 0.5) is 4.39 Å². The second kappa shape index (κ2) is 7.41. The lowest BCUT2D eigenvalue weighted by molar-refractivity contribution is 0.161. The zero-order valence-corrected chi connectivity index (χ0v) is 12.0. The van der Waals surface area contributed by atoms with Gasteiger partial charge in [-0.15, -0.1) is 0 Å². The molecule has 0 spiro atoms. The Kier molecular flexibility index (Phi) is 5.57. The van der Waals surface area contributed by atoms with Crippen LogP contribution in [0, 0.1) is 5.82 Å². The topological polar surface area (TPSA) is 20.2 Å². The Bertz CT molecular complexity index is 542. The Labute approximate surface area is 124 Å². The van der Waals surface area contributed by atoms with Crippen molar-refractivity contribution in [1.29, 1.82) is 0 Å². The molecule has 2 aromatic rings.